The highest BCUT2D eigenvalue weighted by Crippen LogP contribution is 2.32. The zero-order valence-corrected chi connectivity index (χ0v) is 14.4. The maximum absolute atomic E-state index is 12.5. The third-order valence-electron chi connectivity index (χ3n) is 4.33. The zero-order chi connectivity index (χ0) is 17.0. The van der Waals surface area contributed by atoms with E-state index in [9.17, 15) is 4.79 Å². The number of carbonyl (C=O) groups excluding carboxylic acids is 1. The molecule has 6 heteroatoms. The van der Waals surface area contributed by atoms with Crippen LogP contribution < -0.4 is 10.1 Å². The molecule has 3 rings (SSSR count). The van der Waals surface area contributed by atoms with Crippen LogP contribution in [-0.4, -0.2) is 49.6 Å². The molecule has 6 nitrogen and oxygen atoms in total. The normalized spacial score (nSPS) is 19.7. The first kappa shape index (κ1) is 17.0. The zero-order valence-electron chi connectivity index (χ0n) is 14.4. The minimum absolute atomic E-state index is 0.108. The number of rotatable bonds is 4. The quantitative estimate of drug-likeness (QED) is 0.919. The van der Waals surface area contributed by atoms with Gasteiger partial charge in [0.15, 0.2) is 5.79 Å². The van der Waals surface area contributed by atoms with Gasteiger partial charge in [0, 0.05) is 25.9 Å². The number of nitrogens with one attached hydrogen (secondary N) is 1. The summed E-state index contributed by atoms with van der Waals surface area (Å²) in [6.45, 7) is 7.35. The van der Waals surface area contributed by atoms with Crippen LogP contribution in [0.3, 0.4) is 0 Å². The summed E-state index contributed by atoms with van der Waals surface area (Å²) in [5, 5.41) is 2.96. The van der Waals surface area contributed by atoms with E-state index in [2.05, 4.69) is 19.2 Å². The number of para-hydroxylation sites is 2. The first-order valence-electron chi connectivity index (χ1n) is 8.64. The molecule has 0 atom stereocenters. The second-order valence-corrected chi connectivity index (χ2v) is 6.73. The molecule has 1 N–H and O–H groups in total. The maximum Gasteiger partial charge on any atom is 0.321 e. The summed E-state index contributed by atoms with van der Waals surface area (Å²) >= 11 is 0. The van der Waals surface area contributed by atoms with Crippen LogP contribution in [0, 0.1) is 5.92 Å². The number of hydrogen-bond donors (Lipinski definition) is 1. The smallest absolute Gasteiger partial charge is 0.321 e. The molecular weight excluding hydrogens is 308 g/mol. The Hall–Kier alpha value is -1.79. The van der Waals surface area contributed by atoms with Crippen molar-refractivity contribution in [2.75, 3.05) is 38.2 Å². The van der Waals surface area contributed by atoms with E-state index in [4.69, 9.17) is 14.2 Å². The lowest BCUT2D eigenvalue weighted by Gasteiger charge is -2.37. The average molecular weight is 334 g/mol. The summed E-state index contributed by atoms with van der Waals surface area (Å²) in [6, 6.07) is 7.43. The van der Waals surface area contributed by atoms with Crippen molar-refractivity contribution in [2.45, 2.75) is 32.5 Å². The largest absolute Gasteiger partial charge is 0.491 e. The van der Waals surface area contributed by atoms with Crippen molar-refractivity contribution in [1.82, 2.24) is 4.90 Å². The van der Waals surface area contributed by atoms with Gasteiger partial charge in [0.25, 0.3) is 0 Å². The molecule has 132 valence electrons. The highest BCUT2D eigenvalue weighted by molar-refractivity contribution is 5.91. The van der Waals surface area contributed by atoms with Gasteiger partial charge in [0.1, 0.15) is 5.75 Å². The Morgan fingerprint density at radius 3 is 2.58 bits per heavy atom. The number of carbonyl (C=O) groups is 1. The van der Waals surface area contributed by atoms with Crippen LogP contribution in [0.1, 0.15) is 26.7 Å². The standard InChI is InChI=1S/C18H26N2O4/c1-14(2)13-22-16-6-4-3-5-15(16)19-17(21)20-9-7-18(8-10-20)23-11-12-24-18/h3-6,14H,7-13H2,1-2H3,(H,19,21). The van der Waals surface area contributed by atoms with Crippen molar-refractivity contribution in [1.29, 1.82) is 0 Å². The van der Waals surface area contributed by atoms with Gasteiger partial charge in [-0.3, -0.25) is 0 Å². The molecule has 1 spiro atoms. The summed E-state index contributed by atoms with van der Waals surface area (Å²) in [7, 11) is 0. The van der Waals surface area contributed by atoms with Crippen molar-refractivity contribution >= 4 is 11.7 Å². The SMILES string of the molecule is CC(C)COc1ccccc1NC(=O)N1CCC2(CC1)OCCO2. The summed E-state index contributed by atoms with van der Waals surface area (Å²) in [5.41, 5.74) is 0.705. The first-order valence-corrected chi connectivity index (χ1v) is 8.64. The summed E-state index contributed by atoms with van der Waals surface area (Å²) < 4.78 is 17.2. The number of hydrogen-bond acceptors (Lipinski definition) is 4. The molecule has 2 saturated heterocycles. The molecule has 2 heterocycles. The summed E-state index contributed by atoms with van der Waals surface area (Å²) in [5.74, 6) is 0.670. The van der Waals surface area contributed by atoms with Crippen LogP contribution in [-0.2, 0) is 9.47 Å². The van der Waals surface area contributed by atoms with Crippen molar-refractivity contribution in [2.24, 2.45) is 5.92 Å². The van der Waals surface area contributed by atoms with E-state index in [1.165, 1.54) is 0 Å². The lowest BCUT2D eigenvalue weighted by atomic mass is 10.0. The Kier molecular flexibility index (Phi) is 5.26. The number of anilines is 1. The molecule has 0 aliphatic carbocycles. The summed E-state index contributed by atoms with van der Waals surface area (Å²) in [4.78, 5) is 14.3. The van der Waals surface area contributed by atoms with Gasteiger partial charge >= 0.3 is 6.03 Å². The van der Waals surface area contributed by atoms with E-state index < -0.39 is 5.79 Å². The van der Waals surface area contributed by atoms with Gasteiger partial charge in [0.05, 0.1) is 25.5 Å². The second kappa shape index (κ2) is 7.40. The first-order chi connectivity index (χ1) is 11.6. The number of likely N-dealkylation sites (tertiary alicyclic amines) is 1. The van der Waals surface area contributed by atoms with E-state index in [1.807, 2.05) is 24.3 Å². The molecule has 2 aliphatic rings. The Morgan fingerprint density at radius 1 is 1.25 bits per heavy atom. The number of piperidine rings is 1. The van der Waals surface area contributed by atoms with Crippen LogP contribution >= 0.6 is 0 Å². The van der Waals surface area contributed by atoms with E-state index in [-0.39, 0.29) is 6.03 Å². The van der Waals surface area contributed by atoms with Gasteiger partial charge in [0.2, 0.25) is 0 Å². The van der Waals surface area contributed by atoms with Crippen LogP contribution in [0.2, 0.25) is 0 Å². The molecule has 1 aromatic rings. The predicted molar refractivity (Wildman–Crippen MR) is 91.2 cm³/mol. The molecule has 2 aliphatic heterocycles. The van der Waals surface area contributed by atoms with E-state index in [1.54, 1.807) is 4.90 Å². The molecule has 0 saturated carbocycles. The molecule has 0 bridgehead atoms. The second-order valence-electron chi connectivity index (χ2n) is 6.73. The molecule has 0 radical (unpaired) electrons. The molecule has 24 heavy (non-hydrogen) atoms. The summed E-state index contributed by atoms with van der Waals surface area (Å²) in [6.07, 6.45) is 1.43. The van der Waals surface area contributed by atoms with Crippen LogP contribution in [0.4, 0.5) is 10.5 Å². The minimum Gasteiger partial charge on any atom is -0.491 e. The maximum atomic E-state index is 12.5. The monoisotopic (exact) mass is 334 g/mol. The third kappa shape index (κ3) is 3.99. The van der Waals surface area contributed by atoms with E-state index >= 15 is 0 Å². The number of benzene rings is 1. The lowest BCUT2D eigenvalue weighted by Crippen LogP contribution is -2.48. The molecule has 0 aromatic heterocycles. The van der Waals surface area contributed by atoms with Crippen molar-refractivity contribution in [3.8, 4) is 5.75 Å². The molecule has 2 amide bonds. The highest BCUT2D eigenvalue weighted by atomic mass is 16.7. The van der Waals surface area contributed by atoms with Crippen molar-refractivity contribution in [3.63, 3.8) is 0 Å². The number of nitrogens with zero attached hydrogens (tertiary/aromatic N) is 1. The Balaban J connectivity index is 1.57. The fourth-order valence-corrected chi connectivity index (χ4v) is 2.98. The Morgan fingerprint density at radius 2 is 1.92 bits per heavy atom. The van der Waals surface area contributed by atoms with Crippen LogP contribution in [0.25, 0.3) is 0 Å². The lowest BCUT2D eigenvalue weighted by molar-refractivity contribution is -0.181. The molecular formula is C18H26N2O4. The number of urea groups is 1. The van der Waals surface area contributed by atoms with Gasteiger partial charge in [-0.2, -0.15) is 0 Å². The molecule has 0 unspecified atom stereocenters. The number of amides is 2. The highest BCUT2D eigenvalue weighted by Gasteiger charge is 2.40. The molecule has 2 fully saturated rings. The van der Waals surface area contributed by atoms with Crippen LogP contribution in [0.15, 0.2) is 24.3 Å². The fourth-order valence-electron chi connectivity index (χ4n) is 2.98. The van der Waals surface area contributed by atoms with Gasteiger partial charge in [-0.1, -0.05) is 26.0 Å². The van der Waals surface area contributed by atoms with E-state index in [0.29, 0.717) is 63.1 Å². The minimum atomic E-state index is -0.463. The fraction of sp³-hybridized carbons (Fsp3) is 0.611. The average Bonchev–Trinajstić information content (AvgIpc) is 3.02. The van der Waals surface area contributed by atoms with E-state index in [0.717, 1.165) is 0 Å². The van der Waals surface area contributed by atoms with Crippen LogP contribution in [0.5, 0.6) is 5.75 Å². The predicted octanol–water partition coefficient (Wildman–Crippen LogP) is 3.09. The van der Waals surface area contributed by atoms with Gasteiger partial charge in [-0.25, -0.2) is 4.79 Å². The van der Waals surface area contributed by atoms with Gasteiger partial charge in [-0.15, -0.1) is 0 Å². The number of ether oxygens (including phenoxy) is 3. The van der Waals surface area contributed by atoms with Crippen molar-refractivity contribution in [3.05, 3.63) is 24.3 Å². The third-order valence-corrected chi connectivity index (χ3v) is 4.33. The topological polar surface area (TPSA) is 60.0 Å². The molecule has 1 aromatic carbocycles. The van der Waals surface area contributed by atoms with Gasteiger partial charge < -0.3 is 24.4 Å². The Labute approximate surface area is 143 Å². The van der Waals surface area contributed by atoms with Crippen molar-refractivity contribution < 1.29 is 19.0 Å². The Bertz CT molecular complexity index is 560. The van der Waals surface area contributed by atoms with Gasteiger partial charge in [-0.05, 0) is 18.1 Å².